The number of hydrogen-bond donors (Lipinski definition) is 1. The van der Waals surface area contributed by atoms with Gasteiger partial charge in [-0.1, -0.05) is 42.5 Å². The van der Waals surface area contributed by atoms with Crippen molar-refractivity contribution < 1.29 is 4.74 Å². The van der Waals surface area contributed by atoms with E-state index in [9.17, 15) is 0 Å². The molecule has 0 amide bonds. The lowest BCUT2D eigenvalue weighted by Crippen LogP contribution is -2.36. The maximum absolute atomic E-state index is 5.67. The Morgan fingerprint density at radius 3 is 2.70 bits per heavy atom. The zero-order chi connectivity index (χ0) is 15.9. The SMILES string of the molecule is CCOc1ccccc1CNCCN1CCc2ccccc2C1. The highest BCUT2D eigenvalue weighted by Crippen LogP contribution is 2.19. The first-order valence-corrected chi connectivity index (χ1v) is 8.57. The highest BCUT2D eigenvalue weighted by Gasteiger charge is 2.14. The van der Waals surface area contributed by atoms with Crippen molar-refractivity contribution in [2.45, 2.75) is 26.4 Å². The van der Waals surface area contributed by atoms with Gasteiger partial charge in [0.1, 0.15) is 5.75 Å². The summed E-state index contributed by atoms with van der Waals surface area (Å²) in [5, 5.41) is 3.55. The summed E-state index contributed by atoms with van der Waals surface area (Å²) < 4.78 is 5.67. The predicted octanol–water partition coefficient (Wildman–Crippen LogP) is 3.23. The van der Waals surface area contributed by atoms with Crippen LogP contribution in [0.5, 0.6) is 5.75 Å². The summed E-state index contributed by atoms with van der Waals surface area (Å²) >= 11 is 0. The highest BCUT2D eigenvalue weighted by molar-refractivity contribution is 5.33. The minimum atomic E-state index is 0.713. The van der Waals surface area contributed by atoms with E-state index < -0.39 is 0 Å². The summed E-state index contributed by atoms with van der Waals surface area (Å²) in [6.07, 6.45) is 1.17. The van der Waals surface area contributed by atoms with Crippen LogP contribution < -0.4 is 10.1 Å². The lowest BCUT2D eigenvalue weighted by atomic mass is 10.00. The van der Waals surface area contributed by atoms with Crippen LogP contribution in [-0.2, 0) is 19.5 Å². The number of ether oxygens (including phenoxy) is 1. The van der Waals surface area contributed by atoms with Crippen molar-refractivity contribution in [3.05, 3.63) is 65.2 Å². The van der Waals surface area contributed by atoms with Crippen molar-refractivity contribution in [3.63, 3.8) is 0 Å². The number of fused-ring (bicyclic) bond motifs is 1. The van der Waals surface area contributed by atoms with Crippen LogP contribution >= 0.6 is 0 Å². The number of benzene rings is 2. The Morgan fingerprint density at radius 1 is 1.04 bits per heavy atom. The fraction of sp³-hybridized carbons (Fsp3) is 0.400. The predicted molar refractivity (Wildman–Crippen MR) is 94.7 cm³/mol. The van der Waals surface area contributed by atoms with Gasteiger partial charge in [-0.2, -0.15) is 0 Å². The minimum Gasteiger partial charge on any atom is -0.494 e. The summed E-state index contributed by atoms with van der Waals surface area (Å²) in [6, 6.07) is 17.1. The average Bonchev–Trinajstić information content (AvgIpc) is 2.60. The van der Waals surface area contributed by atoms with Crippen molar-refractivity contribution in [1.29, 1.82) is 0 Å². The Hall–Kier alpha value is -1.84. The third kappa shape index (κ3) is 4.34. The van der Waals surface area contributed by atoms with Crippen LogP contribution in [0, 0.1) is 0 Å². The number of hydrogen-bond acceptors (Lipinski definition) is 3. The molecule has 1 aliphatic rings. The molecule has 3 rings (SSSR count). The third-order valence-electron chi connectivity index (χ3n) is 4.40. The molecule has 0 radical (unpaired) electrons. The molecule has 0 atom stereocenters. The van der Waals surface area contributed by atoms with Gasteiger partial charge in [-0.15, -0.1) is 0 Å². The third-order valence-corrected chi connectivity index (χ3v) is 4.40. The van der Waals surface area contributed by atoms with Gasteiger partial charge in [0.05, 0.1) is 6.61 Å². The maximum Gasteiger partial charge on any atom is 0.123 e. The molecule has 1 heterocycles. The van der Waals surface area contributed by atoms with Gasteiger partial charge in [0, 0.05) is 38.3 Å². The monoisotopic (exact) mass is 310 g/mol. The van der Waals surface area contributed by atoms with E-state index in [1.54, 1.807) is 0 Å². The Bertz CT molecular complexity index is 627. The maximum atomic E-state index is 5.67. The van der Waals surface area contributed by atoms with Crippen LogP contribution in [0.1, 0.15) is 23.6 Å². The van der Waals surface area contributed by atoms with Gasteiger partial charge in [0.2, 0.25) is 0 Å². The van der Waals surface area contributed by atoms with Crippen LogP contribution in [-0.4, -0.2) is 31.1 Å². The van der Waals surface area contributed by atoms with Crippen LogP contribution in [0.15, 0.2) is 48.5 Å². The molecule has 0 bridgehead atoms. The van der Waals surface area contributed by atoms with Crippen LogP contribution in [0.4, 0.5) is 0 Å². The summed E-state index contributed by atoms with van der Waals surface area (Å²) in [4.78, 5) is 2.53. The molecule has 0 fully saturated rings. The van der Waals surface area contributed by atoms with Gasteiger partial charge in [-0.25, -0.2) is 0 Å². The summed E-state index contributed by atoms with van der Waals surface area (Å²) in [5.41, 5.74) is 4.24. The van der Waals surface area contributed by atoms with Crippen LogP contribution in [0.2, 0.25) is 0 Å². The minimum absolute atomic E-state index is 0.713. The van der Waals surface area contributed by atoms with Crippen LogP contribution in [0.3, 0.4) is 0 Å². The Kier molecular flexibility index (Phi) is 5.67. The van der Waals surface area contributed by atoms with E-state index in [1.807, 2.05) is 19.1 Å². The van der Waals surface area contributed by atoms with Crippen molar-refractivity contribution in [1.82, 2.24) is 10.2 Å². The van der Waals surface area contributed by atoms with Crippen molar-refractivity contribution in [2.24, 2.45) is 0 Å². The fourth-order valence-electron chi connectivity index (χ4n) is 3.15. The standard InChI is InChI=1S/C20H26N2O/c1-2-23-20-10-6-5-8-18(20)15-21-12-14-22-13-11-17-7-3-4-9-19(17)16-22/h3-10,21H,2,11-16H2,1H3. The normalized spacial score (nSPS) is 14.5. The summed E-state index contributed by atoms with van der Waals surface area (Å²) in [5.74, 6) is 0.995. The summed E-state index contributed by atoms with van der Waals surface area (Å²) in [7, 11) is 0. The fourth-order valence-corrected chi connectivity index (χ4v) is 3.15. The lowest BCUT2D eigenvalue weighted by molar-refractivity contribution is 0.253. The average molecular weight is 310 g/mol. The molecule has 0 saturated heterocycles. The second kappa shape index (κ2) is 8.14. The zero-order valence-electron chi connectivity index (χ0n) is 13.9. The molecule has 2 aromatic rings. The topological polar surface area (TPSA) is 24.5 Å². The Morgan fingerprint density at radius 2 is 1.83 bits per heavy atom. The Labute approximate surface area is 139 Å². The van der Waals surface area contributed by atoms with Gasteiger partial charge in [0.25, 0.3) is 0 Å². The molecular weight excluding hydrogens is 284 g/mol. The van der Waals surface area contributed by atoms with Crippen LogP contribution in [0.25, 0.3) is 0 Å². The van der Waals surface area contributed by atoms with Gasteiger partial charge >= 0.3 is 0 Å². The largest absolute Gasteiger partial charge is 0.494 e. The zero-order valence-corrected chi connectivity index (χ0v) is 13.9. The van der Waals surface area contributed by atoms with E-state index in [0.29, 0.717) is 6.61 Å². The van der Waals surface area contributed by atoms with E-state index in [1.165, 1.54) is 23.1 Å². The molecule has 3 nitrogen and oxygen atoms in total. The molecule has 23 heavy (non-hydrogen) atoms. The second-order valence-corrected chi connectivity index (χ2v) is 6.01. The molecule has 122 valence electrons. The molecule has 0 aromatic heterocycles. The van der Waals surface area contributed by atoms with E-state index in [2.05, 4.69) is 46.6 Å². The van der Waals surface area contributed by atoms with Crippen molar-refractivity contribution >= 4 is 0 Å². The molecule has 1 N–H and O–H groups in total. The first-order valence-electron chi connectivity index (χ1n) is 8.57. The van der Waals surface area contributed by atoms with Crippen molar-refractivity contribution in [3.8, 4) is 5.75 Å². The quantitative estimate of drug-likeness (QED) is 0.795. The van der Waals surface area contributed by atoms with Gasteiger partial charge in [-0.3, -0.25) is 4.90 Å². The molecule has 1 aliphatic heterocycles. The number of para-hydroxylation sites is 1. The van der Waals surface area contributed by atoms with E-state index >= 15 is 0 Å². The molecule has 2 aromatic carbocycles. The molecule has 0 saturated carbocycles. The number of nitrogens with zero attached hydrogens (tertiary/aromatic N) is 1. The molecular formula is C20H26N2O. The van der Waals surface area contributed by atoms with E-state index in [4.69, 9.17) is 4.74 Å². The summed E-state index contributed by atoms with van der Waals surface area (Å²) in [6.45, 7) is 7.93. The Balaban J connectivity index is 1.44. The second-order valence-electron chi connectivity index (χ2n) is 6.01. The highest BCUT2D eigenvalue weighted by atomic mass is 16.5. The van der Waals surface area contributed by atoms with E-state index in [0.717, 1.165) is 38.5 Å². The smallest absolute Gasteiger partial charge is 0.123 e. The van der Waals surface area contributed by atoms with E-state index in [-0.39, 0.29) is 0 Å². The van der Waals surface area contributed by atoms with Crippen molar-refractivity contribution in [2.75, 3.05) is 26.2 Å². The first kappa shape index (κ1) is 16.0. The number of nitrogens with one attached hydrogen (secondary N) is 1. The van der Waals surface area contributed by atoms with Gasteiger partial charge < -0.3 is 10.1 Å². The molecule has 0 spiro atoms. The van der Waals surface area contributed by atoms with Gasteiger partial charge in [-0.05, 0) is 30.5 Å². The first-order chi connectivity index (χ1) is 11.4. The molecule has 0 unspecified atom stereocenters. The van der Waals surface area contributed by atoms with Gasteiger partial charge in [0.15, 0.2) is 0 Å². The lowest BCUT2D eigenvalue weighted by Gasteiger charge is -2.28. The molecule has 0 aliphatic carbocycles. The molecule has 3 heteroatoms. The number of rotatable bonds is 7.